The average Bonchev–Trinajstić information content (AvgIpc) is 2.79. The lowest BCUT2D eigenvalue weighted by molar-refractivity contribution is 0.0634. The summed E-state index contributed by atoms with van der Waals surface area (Å²) in [6.07, 6.45) is -0.550. The number of carboxylic acids is 1. The molecule has 0 saturated heterocycles. The maximum atomic E-state index is 11.8. The zero-order valence-electron chi connectivity index (χ0n) is 13.5. The highest BCUT2D eigenvalue weighted by Gasteiger charge is 2.17. The molecule has 2 rings (SSSR count). The molecule has 0 spiro atoms. The normalized spacial score (nSPS) is 11.1. The summed E-state index contributed by atoms with van der Waals surface area (Å²) in [5.74, 6) is -1.09. The number of nitrogens with one attached hydrogen (secondary N) is 1. The highest BCUT2D eigenvalue weighted by Crippen LogP contribution is 2.23. The molecule has 0 fully saturated rings. The Hall–Kier alpha value is -2.83. The molecule has 122 valence electrons. The van der Waals surface area contributed by atoms with Crippen molar-refractivity contribution < 1.29 is 19.4 Å². The molecule has 7 heteroatoms. The lowest BCUT2D eigenvalue weighted by Gasteiger charge is -2.19. The zero-order valence-corrected chi connectivity index (χ0v) is 13.5. The number of aryl methyl sites for hydroxylation is 1. The third-order valence-electron chi connectivity index (χ3n) is 2.90. The van der Waals surface area contributed by atoms with Gasteiger partial charge in [0.2, 0.25) is 0 Å². The fourth-order valence-electron chi connectivity index (χ4n) is 2.02. The Labute approximate surface area is 133 Å². The Kier molecular flexibility index (Phi) is 4.40. The van der Waals surface area contributed by atoms with Crippen LogP contribution in [0.15, 0.2) is 30.3 Å². The highest BCUT2D eigenvalue weighted by atomic mass is 16.6. The van der Waals surface area contributed by atoms with E-state index in [1.807, 2.05) is 6.07 Å². The summed E-state index contributed by atoms with van der Waals surface area (Å²) in [5.41, 5.74) is 1.30. The zero-order chi connectivity index (χ0) is 17.2. The van der Waals surface area contributed by atoms with Crippen molar-refractivity contribution in [3.05, 3.63) is 36.0 Å². The molecule has 0 aliphatic rings. The van der Waals surface area contributed by atoms with Crippen LogP contribution in [0.4, 0.5) is 10.5 Å². The van der Waals surface area contributed by atoms with Gasteiger partial charge in [-0.1, -0.05) is 12.1 Å². The van der Waals surface area contributed by atoms with Crippen LogP contribution in [0, 0.1) is 0 Å². The molecule has 1 aromatic carbocycles. The van der Waals surface area contributed by atoms with Crippen molar-refractivity contribution in [2.75, 3.05) is 5.32 Å². The quantitative estimate of drug-likeness (QED) is 0.907. The second-order valence-electron chi connectivity index (χ2n) is 6.05. The number of carbonyl (C=O) groups is 2. The molecule has 2 N–H and O–H groups in total. The van der Waals surface area contributed by atoms with Crippen molar-refractivity contribution in [2.45, 2.75) is 26.4 Å². The monoisotopic (exact) mass is 317 g/mol. The van der Waals surface area contributed by atoms with Gasteiger partial charge in [0, 0.05) is 18.3 Å². The summed E-state index contributed by atoms with van der Waals surface area (Å²) in [5, 5.41) is 15.6. The first-order valence-electron chi connectivity index (χ1n) is 7.03. The number of rotatable bonds is 3. The molecule has 1 heterocycles. The van der Waals surface area contributed by atoms with Gasteiger partial charge < -0.3 is 9.84 Å². The molecule has 7 nitrogen and oxygen atoms in total. The van der Waals surface area contributed by atoms with Crippen LogP contribution in [0.5, 0.6) is 0 Å². The molecule has 0 bridgehead atoms. The summed E-state index contributed by atoms with van der Waals surface area (Å²) in [7, 11) is 1.66. The Morgan fingerprint density at radius 2 is 1.96 bits per heavy atom. The molecule has 0 unspecified atom stereocenters. The van der Waals surface area contributed by atoms with Gasteiger partial charge in [-0.2, -0.15) is 5.10 Å². The van der Waals surface area contributed by atoms with Crippen molar-refractivity contribution in [3.63, 3.8) is 0 Å². The van der Waals surface area contributed by atoms with Gasteiger partial charge in [-0.3, -0.25) is 10.00 Å². The highest BCUT2D eigenvalue weighted by molar-refractivity contribution is 5.88. The van der Waals surface area contributed by atoms with E-state index in [0.29, 0.717) is 11.4 Å². The van der Waals surface area contributed by atoms with Gasteiger partial charge in [0.1, 0.15) is 5.60 Å². The van der Waals surface area contributed by atoms with Gasteiger partial charge in [0.05, 0.1) is 5.69 Å². The SMILES string of the molecule is Cn1nc(C(=O)O)cc1-c1cccc(NC(=O)OC(C)(C)C)c1. The Morgan fingerprint density at radius 1 is 1.26 bits per heavy atom. The summed E-state index contributed by atoms with van der Waals surface area (Å²) < 4.78 is 6.68. The van der Waals surface area contributed by atoms with Gasteiger partial charge in [-0.15, -0.1) is 0 Å². The summed E-state index contributed by atoms with van der Waals surface area (Å²) in [4.78, 5) is 22.8. The first-order chi connectivity index (χ1) is 10.7. The second kappa shape index (κ2) is 6.12. The Bertz CT molecular complexity index is 744. The molecule has 1 amide bonds. The number of benzene rings is 1. The number of amides is 1. The van der Waals surface area contributed by atoms with E-state index in [4.69, 9.17) is 9.84 Å². The Balaban J connectivity index is 2.23. The van der Waals surface area contributed by atoms with E-state index < -0.39 is 17.7 Å². The van der Waals surface area contributed by atoms with E-state index in [1.165, 1.54) is 10.7 Å². The fraction of sp³-hybridized carbons (Fsp3) is 0.312. The number of aromatic carboxylic acids is 1. The van der Waals surface area contributed by atoms with Crippen LogP contribution in [-0.4, -0.2) is 32.6 Å². The van der Waals surface area contributed by atoms with Crippen LogP contribution in [0.2, 0.25) is 0 Å². The van der Waals surface area contributed by atoms with Crippen molar-refractivity contribution in [1.29, 1.82) is 0 Å². The van der Waals surface area contributed by atoms with Gasteiger partial charge in [0.15, 0.2) is 5.69 Å². The van der Waals surface area contributed by atoms with Crippen LogP contribution < -0.4 is 5.32 Å². The third kappa shape index (κ3) is 4.32. The molecule has 23 heavy (non-hydrogen) atoms. The van der Waals surface area contributed by atoms with Crippen molar-refractivity contribution in [1.82, 2.24) is 9.78 Å². The van der Waals surface area contributed by atoms with Crippen molar-refractivity contribution in [2.24, 2.45) is 7.05 Å². The van der Waals surface area contributed by atoms with E-state index >= 15 is 0 Å². The van der Waals surface area contributed by atoms with Gasteiger partial charge >= 0.3 is 12.1 Å². The van der Waals surface area contributed by atoms with E-state index in [-0.39, 0.29) is 5.69 Å². The lowest BCUT2D eigenvalue weighted by Crippen LogP contribution is -2.27. The van der Waals surface area contributed by atoms with Gasteiger partial charge in [-0.25, -0.2) is 9.59 Å². The molecule has 0 aliphatic heterocycles. The maximum absolute atomic E-state index is 11.8. The third-order valence-corrected chi connectivity index (χ3v) is 2.90. The lowest BCUT2D eigenvalue weighted by atomic mass is 10.1. The minimum absolute atomic E-state index is 0.0343. The number of nitrogens with zero attached hydrogens (tertiary/aromatic N) is 2. The smallest absolute Gasteiger partial charge is 0.412 e. The van der Waals surface area contributed by atoms with Crippen molar-refractivity contribution >= 4 is 17.7 Å². The minimum Gasteiger partial charge on any atom is -0.476 e. The number of carboxylic acid groups (broad SMARTS) is 1. The molecular weight excluding hydrogens is 298 g/mol. The standard InChI is InChI=1S/C16H19N3O4/c1-16(2,3)23-15(22)17-11-7-5-6-10(8-11)13-9-12(14(20)21)18-19(13)4/h5-9H,1-4H3,(H,17,22)(H,20,21). The number of carbonyl (C=O) groups excluding carboxylic acids is 1. The predicted octanol–water partition coefficient (Wildman–Crippen LogP) is 3.13. The topological polar surface area (TPSA) is 93.5 Å². The van der Waals surface area contributed by atoms with E-state index in [0.717, 1.165) is 5.56 Å². The van der Waals surface area contributed by atoms with E-state index in [2.05, 4.69) is 10.4 Å². The average molecular weight is 317 g/mol. The van der Waals surface area contributed by atoms with Crippen LogP contribution in [0.3, 0.4) is 0 Å². The first kappa shape index (κ1) is 16.5. The molecule has 1 aromatic heterocycles. The largest absolute Gasteiger partial charge is 0.476 e. The van der Waals surface area contributed by atoms with Crippen LogP contribution >= 0.6 is 0 Å². The fourth-order valence-corrected chi connectivity index (χ4v) is 2.02. The van der Waals surface area contributed by atoms with Gasteiger partial charge in [0.25, 0.3) is 0 Å². The minimum atomic E-state index is -1.09. The number of anilines is 1. The summed E-state index contributed by atoms with van der Waals surface area (Å²) in [6.45, 7) is 5.35. The summed E-state index contributed by atoms with van der Waals surface area (Å²) in [6, 6.07) is 8.50. The molecule has 0 radical (unpaired) electrons. The number of aromatic nitrogens is 2. The number of hydrogen-bond acceptors (Lipinski definition) is 4. The first-order valence-corrected chi connectivity index (χ1v) is 7.03. The number of hydrogen-bond donors (Lipinski definition) is 2. The number of ether oxygens (including phenoxy) is 1. The summed E-state index contributed by atoms with van der Waals surface area (Å²) >= 11 is 0. The van der Waals surface area contributed by atoms with Crippen molar-refractivity contribution in [3.8, 4) is 11.3 Å². The van der Waals surface area contributed by atoms with Crippen LogP contribution in [0.25, 0.3) is 11.3 Å². The van der Waals surface area contributed by atoms with Crippen LogP contribution in [0.1, 0.15) is 31.3 Å². The molecule has 0 saturated carbocycles. The van der Waals surface area contributed by atoms with E-state index in [9.17, 15) is 9.59 Å². The maximum Gasteiger partial charge on any atom is 0.412 e. The molecular formula is C16H19N3O4. The van der Waals surface area contributed by atoms with Gasteiger partial charge in [-0.05, 0) is 39.0 Å². The van der Waals surface area contributed by atoms with Crippen LogP contribution in [-0.2, 0) is 11.8 Å². The molecule has 2 aromatic rings. The Morgan fingerprint density at radius 3 is 2.52 bits per heavy atom. The molecule has 0 atom stereocenters. The second-order valence-corrected chi connectivity index (χ2v) is 6.05. The predicted molar refractivity (Wildman–Crippen MR) is 85.5 cm³/mol. The van der Waals surface area contributed by atoms with E-state index in [1.54, 1.807) is 46.0 Å². The molecule has 0 aliphatic carbocycles.